The topological polar surface area (TPSA) is 119 Å². The number of aromatic nitrogens is 6. The van der Waals surface area contributed by atoms with Crippen molar-refractivity contribution in [1.29, 1.82) is 0 Å². The molecule has 1 aliphatic rings. The first-order valence-electron chi connectivity index (χ1n) is 9.85. The van der Waals surface area contributed by atoms with Crippen LogP contribution >= 0.6 is 11.5 Å². The number of hydrogen-bond donors (Lipinski definition) is 2. The Morgan fingerprint density at radius 3 is 2.80 bits per heavy atom. The largest absolute Gasteiger partial charge is 0.275 e. The Kier molecular flexibility index (Phi) is 4.74. The lowest BCUT2D eigenvalue weighted by molar-refractivity contribution is 0.211. The molecular formula is C19H24N10S. The smallest absolute Gasteiger partial charge is 0.165 e. The lowest BCUT2D eigenvalue weighted by Gasteiger charge is -2.29. The fourth-order valence-electron chi connectivity index (χ4n) is 3.93. The Hall–Kier alpha value is -2.86. The first-order chi connectivity index (χ1) is 14.5. The molecule has 1 fully saturated rings. The maximum atomic E-state index is 6.54. The molecule has 156 valence electrons. The van der Waals surface area contributed by atoms with E-state index in [1.54, 1.807) is 14.2 Å². The van der Waals surface area contributed by atoms with E-state index in [1.165, 1.54) is 11.5 Å². The molecule has 11 heteroatoms. The summed E-state index contributed by atoms with van der Waals surface area (Å²) in [5, 5.41) is 13.2. The van der Waals surface area contributed by atoms with Crippen molar-refractivity contribution >= 4 is 28.0 Å². The van der Waals surface area contributed by atoms with Gasteiger partial charge >= 0.3 is 0 Å². The molecule has 0 aliphatic carbocycles. The van der Waals surface area contributed by atoms with Gasteiger partial charge in [-0.3, -0.25) is 15.5 Å². The minimum Gasteiger partial charge on any atom is -0.275 e. The third kappa shape index (κ3) is 3.35. The Morgan fingerprint density at radius 1 is 1.23 bits per heavy atom. The summed E-state index contributed by atoms with van der Waals surface area (Å²) in [5.41, 5.74) is 4.53. The number of fused-ring (bicyclic) bond motifs is 1. The molecule has 0 bridgehead atoms. The highest BCUT2D eigenvalue weighted by molar-refractivity contribution is 7.10. The number of nitrogens with two attached hydrogens (primary N) is 2. The van der Waals surface area contributed by atoms with E-state index in [0.29, 0.717) is 0 Å². The number of hydrogen-bond acceptors (Lipinski definition) is 9. The van der Waals surface area contributed by atoms with Crippen LogP contribution in [-0.2, 0) is 7.05 Å². The Balaban J connectivity index is 1.68. The van der Waals surface area contributed by atoms with E-state index < -0.39 is 0 Å². The minimum atomic E-state index is 0.237. The molecule has 1 saturated heterocycles. The third-order valence-corrected chi connectivity index (χ3v) is 6.34. The van der Waals surface area contributed by atoms with Crippen LogP contribution in [0.25, 0.3) is 16.8 Å². The van der Waals surface area contributed by atoms with Gasteiger partial charge in [-0.2, -0.15) is 19.1 Å². The fourth-order valence-corrected chi connectivity index (χ4v) is 4.63. The van der Waals surface area contributed by atoms with Gasteiger partial charge in [-0.05, 0) is 37.4 Å². The molecular weight excluding hydrogens is 400 g/mol. The summed E-state index contributed by atoms with van der Waals surface area (Å²) >= 11 is 1.36. The number of aryl methyl sites for hydroxylation is 2. The summed E-state index contributed by atoms with van der Waals surface area (Å²) in [5.74, 6) is 13.6. The normalized spacial score (nSPS) is 17.7. The van der Waals surface area contributed by atoms with Crippen LogP contribution in [0.5, 0.6) is 0 Å². The zero-order valence-corrected chi connectivity index (χ0v) is 17.7. The number of rotatable bonds is 4. The average molecular weight is 425 g/mol. The molecule has 30 heavy (non-hydrogen) atoms. The van der Waals surface area contributed by atoms with Crippen LogP contribution in [0.15, 0.2) is 30.7 Å². The van der Waals surface area contributed by atoms with E-state index in [1.807, 2.05) is 49.7 Å². The van der Waals surface area contributed by atoms with Crippen molar-refractivity contribution in [3.63, 3.8) is 0 Å². The summed E-state index contributed by atoms with van der Waals surface area (Å²) in [6.45, 7) is 3.62. The maximum Gasteiger partial charge on any atom is 0.165 e. The quantitative estimate of drug-likeness (QED) is 0.377. The Labute approximate surface area is 177 Å². The van der Waals surface area contributed by atoms with Crippen molar-refractivity contribution in [2.24, 2.45) is 18.7 Å². The van der Waals surface area contributed by atoms with Crippen molar-refractivity contribution in [3.05, 3.63) is 42.1 Å². The van der Waals surface area contributed by atoms with Gasteiger partial charge in [-0.25, -0.2) is 15.8 Å². The van der Waals surface area contributed by atoms with E-state index in [2.05, 4.69) is 14.6 Å². The van der Waals surface area contributed by atoms with E-state index in [9.17, 15) is 0 Å². The highest BCUT2D eigenvalue weighted by atomic mass is 32.1. The summed E-state index contributed by atoms with van der Waals surface area (Å²) in [6, 6.07) is 3.98. The maximum absolute atomic E-state index is 6.54. The molecule has 1 unspecified atom stereocenters. The second-order valence-corrected chi connectivity index (χ2v) is 8.53. The molecule has 10 nitrogen and oxygen atoms in total. The number of hydrazine groups is 2. The molecule has 4 aromatic heterocycles. The first-order valence-corrected chi connectivity index (χ1v) is 10.6. The lowest BCUT2D eigenvalue weighted by Crippen LogP contribution is -2.39. The zero-order valence-electron chi connectivity index (χ0n) is 16.9. The standard InChI is InChI=1S/C19H24N10S/c1-12-6-18(30-25-12)28(21)17-7-16(13-4-3-5-27(20)11-13)24-19-15(9-23-29(17)19)14-8-22-26(2)10-14/h6-10,13H,3-5,11,20-21H2,1-2H3. The Morgan fingerprint density at radius 2 is 2.10 bits per heavy atom. The van der Waals surface area contributed by atoms with Crippen LogP contribution in [0.3, 0.4) is 0 Å². The van der Waals surface area contributed by atoms with Gasteiger partial charge in [0.05, 0.1) is 23.8 Å². The van der Waals surface area contributed by atoms with Gasteiger partial charge < -0.3 is 0 Å². The molecule has 1 aliphatic heterocycles. The van der Waals surface area contributed by atoms with Crippen LogP contribution in [0, 0.1) is 6.92 Å². The summed E-state index contributed by atoms with van der Waals surface area (Å²) < 4.78 is 7.91. The predicted octanol–water partition coefficient (Wildman–Crippen LogP) is 1.96. The van der Waals surface area contributed by atoms with Crippen LogP contribution < -0.4 is 16.7 Å². The summed E-state index contributed by atoms with van der Waals surface area (Å²) in [6.07, 6.45) is 7.67. The molecule has 1 atom stereocenters. The molecule has 5 heterocycles. The predicted molar refractivity (Wildman–Crippen MR) is 116 cm³/mol. The Bertz CT molecular complexity index is 1190. The van der Waals surface area contributed by atoms with Crippen molar-refractivity contribution in [2.45, 2.75) is 25.7 Å². The van der Waals surface area contributed by atoms with Gasteiger partial charge in [0.25, 0.3) is 0 Å². The zero-order chi connectivity index (χ0) is 20.8. The van der Waals surface area contributed by atoms with Gasteiger partial charge in [0.15, 0.2) is 11.5 Å². The second-order valence-electron chi connectivity index (χ2n) is 7.75. The van der Waals surface area contributed by atoms with Gasteiger partial charge in [-0.15, -0.1) is 0 Å². The van der Waals surface area contributed by atoms with E-state index >= 15 is 0 Å². The average Bonchev–Trinajstić information content (AvgIpc) is 3.46. The van der Waals surface area contributed by atoms with Crippen LogP contribution in [-0.4, -0.2) is 46.9 Å². The number of anilines is 2. The van der Waals surface area contributed by atoms with Crippen LogP contribution in [0.4, 0.5) is 10.8 Å². The number of nitrogens with zero attached hydrogens (tertiary/aromatic N) is 8. The van der Waals surface area contributed by atoms with E-state index in [-0.39, 0.29) is 5.92 Å². The van der Waals surface area contributed by atoms with Gasteiger partial charge in [-0.1, -0.05) is 0 Å². The fraction of sp³-hybridized carbons (Fsp3) is 0.368. The first kappa shape index (κ1) is 19.1. The van der Waals surface area contributed by atoms with Crippen molar-refractivity contribution in [1.82, 2.24) is 33.8 Å². The van der Waals surface area contributed by atoms with Crippen molar-refractivity contribution < 1.29 is 0 Å². The molecule has 4 aromatic rings. The lowest BCUT2D eigenvalue weighted by atomic mass is 9.95. The van der Waals surface area contributed by atoms with Crippen molar-refractivity contribution in [3.8, 4) is 11.1 Å². The molecule has 0 aromatic carbocycles. The second kappa shape index (κ2) is 7.43. The minimum absolute atomic E-state index is 0.237. The van der Waals surface area contributed by atoms with Crippen LogP contribution in [0.2, 0.25) is 0 Å². The van der Waals surface area contributed by atoms with Gasteiger partial charge in [0.1, 0.15) is 5.00 Å². The molecule has 0 spiro atoms. The highest BCUT2D eigenvalue weighted by Gasteiger charge is 2.25. The molecule has 0 amide bonds. The van der Waals surface area contributed by atoms with Gasteiger partial charge in [0, 0.05) is 49.4 Å². The van der Waals surface area contributed by atoms with Crippen molar-refractivity contribution in [2.75, 3.05) is 18.1 Å². The molecule has 0 saturated carbocycles. The molecule has 0 radical (unpaired) electrons. The SMILES string of the molecule is Cc1cc(N(N)c2cc(C3CCCN(N)C3)nc3c(-c4cnn(C)c4)cnn23)sn1. The molecule has 4 N–H and O–H groups in total. The van der Waals surface area contributed by atoms with Crippen LogP contribution in [0.1, 0.15) is 30.1 Å². The monoisotopic (exact) mass is 424 g/mol. The summed E-state index contributed by atoms with van der Waals surface area (Å²) in [4.78, 5) is 5.01. The van der Waals surface area contributed by atoms with E-state index in [0.717, 1.165) is 64.9 Å². The number of piperidine rings is 1. The van der Waals surface area contributed by atoms with E-state index in [4.69, 9.17) is 16.7 Å². The third-order valence-electron chi connectivity index (χ3n) is 5.46. The van der Waals surface area contributed by atoms with Gasteiger partial charge in [0.2, 0.25) is 0 Å². The summed E-state index contributed by atoms with van der Waals surface area (Å²) in [7, 11) is 1.89. The molecule has 5 rings (SSSR count). The highest BCUT2D eigenvalue weighted by Crippen LogP contribution is 2.33.